The molecule has 168 valence electrons. The third-order valence-corrected chi connectivity index (χ3v) is 5.52. The number of rotatable bonds is 8. The minimum atomic E-state index is -0.181. The standard InChI is InChI=1S/C27H28N4O2/c1-4-31(25-7-5-6-13-29-25)26-24(27(32)28-3)16-20(18-30-26)12-14-33-23-11-10-21-15-19(2)8-9-22(21)17-23/h5-11,13,15-18H,4,12,14H2,1-3H3,(H,28,32). The molecule has 33 heavy (non-hydrogen) atoms. The third kappa shape index (κ3) is 5.12. The predicted octanol–water partition coefficient (Wildman–Crippen LogP) is 5.08. The van der Waals surface area contributed by atoms with Crippen LogP contribution in [-0.4, -0.2) is 36.1 Å². The topological polar surface area (TPSA) is 67.3 Å². The molecule has 4 rings (SSSR count). The molecule has 4 aromatic rings. The first kappa shape index (κ1) is 22.3. The van der Waals surface area contributed by atoms with Crippen LogP contribution < -0.4 is 15.0 Å². The van der Waals surface area contributed by atoms with E-state index in [2.05, 4.69) is 52.5 Å². The van der Waals surface area contributed by atoms with E-state index in [1.165, 1.54) is 10.9 Å². The highest BCUT2D eigenvalue weighted by molar-refractivity contribution is 5.99. The van der Waals surface area contributed by atoms with Gasteiger partial charge in [0.25, 0.3) is 5.91 Å². The molecule has 1 amide bonds. The van der Waals surface area contributed by atoms with E-state index in [1.807, 2.05) is 42.2 Å². The lowest BCUT2D eigenvalue weighted by Gasteiger charge is -2.23. The van der Waals surface area contributed by atoms with Crippen LogP contribution in [0.25, 0.3) is 10.8 Å². The molecule has 0 bridgehead atoms. The number of fused-ring (bicyclic) bond motifs is 1. The van der Waals surface area contributed by atoms with Gasteiger partial charge in [-0.2, -0.15) is 0 Å². The average molecular weight is 441 g/mol. The van der Waals surface area contributed by atoms with E-state index in [0.717, 1.165) is 22.5 Å². The van der Waals surface area contributed by atoms with Crippen molar-refractivity contribution >= 4 is 28.3 Å². The van der Waals surface area contributed by atoms with Crippen LogP contribution >= 0.6 is 0 Å². The van der Waals surface area contributed by atoms with E-state index >= 15 is 0 Å². The second-order valence-corrected chi connectivity index (χ2v) is 7.84. The van der Waals surface area contributed by atoms with Gasteiger partial charge >= 0.3 is 0 Å². The van der Waals surface area contributed by atoms with Gasteiger partial charge in [0, 0.05) is 32.4 Å². The summed E-state index contributed by atoms with van der Waals surface area (Å²) < 4.78 is 5.99. The maximum absolute atomic E-state index is 12.7. The zero-order valence-electron chi connectivity index (χ0n) is 19.2. The largest absolute Gasteiger partial charge is 0.493 e. The lowest BCUT2D eigenvalue weighted by Crippen LogP contribution is -2.26. The van der Waals surface area contributed by atoms with Crippen LogP contribution in [0.2, 0.25) is 0 Å². The van der Waals surface area contributed by atoms with E-state index in [1.54, 1.807) is 19.4 Å². The summed E-state index contributed by atoms with van der Waals surface area (Å²) in [6.45, 7) is 5.23. The van der Waals surface area contributed by atoms with Crippen molar-refractivity contribution in [3.8, 4) is 5.75 Å². The van der Waals surface area contributed by atoms with Gasteiger partial charge < -0.3 is 15.0 Å². The number of ether oxygens (including phenoxy) is 1. The summed E-state index contributed by atoms with van der Waals surface area (Å²) in [5, 5.41) is 5.08. The molecule has 1 N–H and O–H groups in total. The molecular weight excluding hydrogens is 412 g/mol. The quantitative estimate of drug-likeness (QED) is 0.414. The van der Waals surface area contributed by atoms with Crippen LogP contribution in [0.5, 0.6) is 5.75 Å². The maximum atomic E-state index is 12.7. The summed E-state index contributed by atoms with van der Waals surface area (Å²) in [6, 6.07) is 20.1. The molecule has 0 atom stereocenters. The predicted molar refractivity (Wildman–Crippen MR) is 132 cm³/mol. The monoisotopic (exact) mass is 440 g/mol. The Labute approximate surface area is 194 Å². The molecule has 0 unspecified atom stereocenters. The van der Waals surface area contributed by atoms with Gasteiger partial charge in [0.05, 0.1) is 12.2 Å². The van der Waals surface area contributed by atoms with Gasteiger partial charge in [-0.3, -0.25) is 4.79 Å². The van der Waals surface area contributed by atoms with Gasteiger partial charge in [-0.05, 0) is 60.5 Å². The van der Waals surface area contributed by atoms with Crippen molar-refractivity contribution in [3.05, 3.63) is 89.7 Å². The Morgan fingerprint density at radius 2 is 1.85 bits per heavy atom. The number of aryl methyl sites for hydroxylation is 1. The van der Waals surface area contributed by atoms with Gasteiger partial charge in [-0.1, -0.05) is 35.9 Å². The zero-order chi connectivity index (χ0) is 23.2. The molecular formula is C27H28N4O2. The van der Waals surface area contributed by atoms with Crippen molar-refractivity contribution in [2.24, 2.45) is 0 Å². The van der Waals surface area contributed by atoms with Crippen molar-refractivity contribution in [2.75, 3.05) is 25.1 Å². The van der Waals surface area contributed by atoms with Crippen LogP contribution in [0.15, 0.2) is 73.1 Å². The van der Waals surface area contributed by atoms with Crippen LogP contribution in [0, 0.1) is 6.92 Å². The van der Waals surface area contributed by atoms with Crippen molar-refractivity contribution in [3.63, 3.8) is 0 Å². The fourth-order valence-corrected chi connectivity index (χ4v) is 3.81. The molecule has 0 spiro atoms. The molecule has 0 aliphatic rings. The normalized spacial score (nSPS) is 10.8. The van der Waals surface area contributed by atoms with E-state index in [4.69, 9.17) is 4.74 Å². The summed E-state index contributed by atoms with van der Waals surface area (Å²) >= 11 is 0. The summed E-state index contributed by atoms with van der Waals surface area (Å²) in [5.41, 5.74) is 2.69. The number of anilines is 2. The number of amides is 1. The summed E-state index contributed by atoms with van der Waals surface area (Å²) in [4.78, 5) is 23.6. The molecule has 6 heteroatoms. The maximum Gasteiger partial charge on any atom is 0.254 e. The second-order valence-electron chi connectivity index (χ2n) is 7.84. The number of hydrogen-bond donors (Lipinski definition) is 1. The third-order valence-electron chi connectivity index (χ3n) is 5.52. The number of nitrogens with zero attached hydrogens (tertiary/aromatic N) is 3. The Hall–Kier alpha value is -3.93. The number of aromatic nitrogens is 2. The van der Waals surface area contributed by atoms with E-state index in [9.17, 15) is 4.79 Å². The molecule has 2 heterocycles. The van der Waals surface area contributed by atoms with Gasteiger partial charge in [0.1, 0.15) is 17.4 Å². The number of nitrogens with one attached hydrogen (secondary N) is 1. The number of hydrogen-bond acceptors (Lipinski definition) is 5. The van der Waals surface area contributed by atoms with Crippen molar-refractivity contribution < 1.29 is 9.53 Å². The van der Waals surface area contributed by atoms with Crippen molar-refractivity contribution in [2.45, 2.75) is 20.3 Å². The number of carbonyl (C=O) groups excluding carboxylic acids is 1. The first-order valence-corrected chi connectivity index (χ1v) is 11.1. The zero-order valence-corrected chi connectivity index (χ0v) is 19.2. The molecule has 0 fully saturated rings. The lowest BCUT2D eigenvalue weighted by molar-refractivity contribution is 0.0963. The Bertz CT molecular complexity index is 1260. The molecule has 0 aliphatic heterocycles. The summed E-state index contributed by atoms with van der Waals surface area (Å²) in [7, 11) is 1.63. The molecule has 6 nitrogen and oxygen atoms in total. The average Bonchev–Trinajstić information content (AvgIpc) is 2.85. The molecule has 2 aromatic heterocycles. The van der Waals surface area contributed by atoms with Gasteiger partial charge in [-0.25, -0.2) is 9.97 Å². The molecule has 0 saturated heterocycles. The summed E-state index contributed by atoms with van der Waals surface area (Å²) in [6.07, 6.45) is 4.18. The minimum absolute atomic E-state index is 0.181. The van der Waals surface area contributed by atoms with Gasteiger partial charge in [0.15, 0.2) is 0 Å². The molecule has 0 aliphatic carbocycles. The van der Waals surface area contributed by atoms with E-state index < -0.39 is 0 Å². The Kier molecular flexibility index (Phi) is 6.83. The highest BCUT2D eigenvalue weighted by Gasteiger charge is 2.19. The van der Waals surface area contributed by atoms with Gasteiger partial charge in [-0.15, -0.1) is 0 Å². The minimum Gasteiger partial charge on any atom is -0.493 e. The fraction of sp³-hybridized carbons (Fsp3) is 0.222. The smallest absolute Gasteiger partial charge is 0.254 e. The molecule has 0 radical (unpaired) electrons. The highest BCUT2D eigenvalue weighted by atomic mass is 16.5. The van der Waals surface area contributed by atoms with Crippen LogP contribution in [0.4, 0.5) is 11.6 Å². The Morgan fingerprint density at radius 3 is 2.61 bits per heavy atom. The molecule has 2 aromatic carbocycles. The van der Waals surface area contributed by atoms with Gasteiger partial charge in [0.2, 0.25) is 0 Å². The second kappa shape index (κ2) is 10.1. The Morgan fingerprint density at radius 1 is 1.03 bits per heavy atom. The first-order chi connectivity index (χ1) is 16.1. The van der Waals surface area contributed by atoms with E-state index in [-0.39, 0.29) is 5.91 Å². The number of benzene rings is 2. The highest BCUT2D eigenvalue weighted by Crippen LogP contribution is 2.26. The summed E-state index contributed by atoms with van der Waals surface area (Å²) in [5.74, 6) is 1.99. The lowest BCUT2D eigenvalue weighted by atomic mass is 10.1. The number of pyridine rings is 2. The SMILES string of the molecule is CCN(c1ccccn1)c1ncc(CCOc2ccc3cc(C)ccc3c2)cc1C(=O)NC. The van der Waals surface area contributed by atoms with Crippen LogP contribution in [0.1, 0.15) is 28.4 Å². The molecule has 0 saturated carbocycles. The fourth-order valence-electron chi connectivity index (χ4n) is 3.81. The van der Waals surface area contributed by atoms with E-state index in [0.29, 0.717) is 31.0 Å². The van der Waals surface area contributed by atoms with Crippen LogP contribution in [-0.2, 0) is 6.42 Å². The van der Waals surface area contributed by atoms with Crippen LogP contribution in [0.3, 0.4) is 0 Å². The first-order valence-electron chi connectivity index (χ1n) is 11.1. The number of carbonyl (C=O) groups is 1. The Balaban J connectivity index is 1.51. The van der Waals surface area contributed by atoms with Crippen molar-refractivity contribution in [1.82, 2.24) is 15.3 Å². The van der Waals surface area contributed by atoms with Crippen molar-refractivity contribution in [1.29, 1.82) is 0 Å².